The second-order valence-electron chi connectivity index (χ2n) is 4.94. The molecule has 21 heavy (non-hydrogen) atoms. The molecule has 2 heterocycles. The van der Waals surface area contributed by atoms with Crippen LogP contribution >= 0.6 is 0 Å². The lowest BCUT2D eigenvalue weighted by Gasteiger charge is -2.09. The van der Waals surface area contributed by atoms with Crippen molar-refractivity contribution < 1.29 is 9.47 Å². The Morgan fingerprint density at radius 3 is 2.90 bits per heavy atom. The number of aromatic nitrogens is 1. The summed E-state index contributed by atoms with van der Waals surface area (Å²) in [4.78, 5) is 4.30. The molecule has 4 heteroatoms. The molecule has 0 saturated heterocycles. The van der Waals surface area contributed by atoms with E-state index in [0.717, 1.165) is 22.6 Å². The summed E-state index contributed by atoms with van der Waals surface area (Å²) in [6, 6.07) is 14.1. The fourth-order valence-corrected chi connectivity index (χ4v) is 2.52. The van der Waals surface area contributed by atoms with E-state index in [4.69, 9.17) is 9.47 Å². The van der Waals surface area contributed by atoms with E-state index in [2.05, 4.69) is 22.4 Å². The van der Waals surface area contributed by atoms with E-state index in [9.17, 15) is 0 Å². The van der Waals surface area contributed by atoms with Gasteiger partial charge < -0.3 is 14.8 Å². The molecule has 4 rings (SSSR count). The van der Waals surface area contributed by atoms with Crippen LogP contribution in [0, 0.1) is 0 Å². The zero-order valence-electron chi connectivity index (χ0n) is 11.4. The summed E-state index contributed by atoms with van der Waals surface area (Å²) in [5.41, 5.74) is 2.18. The minimum atomic E-state index is 0.298. The summed E-state index contributed by atoms with van der Waals surface area (Å²) < 4.78 is 10.7. The number of hydrogen-bond acceptors (Lipinski definition) is 4. The summed E-state index contributed by atoms with van der Waals surface area (Å²) in [6.45, 7) is 1.01. The lowest BCUT2D eigenvalue weighted by molar-refractivity contribution is 0.174. The van der Waals surface area contributed by atoms with Crippen LogP contribution in [0.2, 0.25) is 0 Å². The maximum Gasteiger partial charge on any atom is 0.231 e. The van der Waals surface area contributed by atoms with Gasteiger partial charge in [-0.15, -0.1) is 0 Å². The molecule has 104 valence electrons. The van der Waals surface area contributed by atoms with E-state index in [0.29, 0.717) is 13.3 Å². The number of rotatable bonds is 3. The summed E-state index contributed by atoms with van der Waals surface area (Å²) in [5.74, 6) is 1.59. The molecule has 0 unspecified atom stereocenters. The number of anilines is 1. The highest BCUT2D eigenvalue weighted by Gasteiger charge is 2.13. The predicted molar refractivity (Wildman–Crippen MR) is 81.6 cm³/mol. The van der Waals surface area contributed by atoms with Crippen molar-refractivity contribution in [2.45, 2.75) is 6.54 Å². The predicted octanol–water partition coefficient (Wildman–Crippen LogP) is 3.58. The van der Waals surface area contributed by atoms with Crippen molar-refractivity contribution in [3.63, 3.8) is 0 Å². The first-order valence-electron chi connectivity index (χ1n) is 6.85. The molecule has 2 aromatic carbocycles. The summed E-state index contributed by atoms with van der Waals surface area (Å²) >= 11 is 0. The van der Waals surface area contributed by atoms with Crippen LogP contribution < -0.4 is 14.8 Å². The molecular weight excluding hydrogens is 264 g/mol. The van der Waals surface area contributed by atoms with Crippen LogP contribution in [-0.2, 0) is 6.54 Å². The highest BCUT2D eigenvalue weighted by atomic mass is 16.7. The van der Waals surface area contributed by atoms with Crippen molar-refractivity contribution in [1.29, 1.82) is 0 Å². The van der Waals surface area contributed by atoms with E-state index >= 15 is 0 Å². The van der Waals surface area contributed by atoms with E-state index < -0.39 is 0 Å². The number of nitrogens with one attached hydrogen (secondary N) is 1. The zero-order chi connectivity index (χ0) is 14.1. The van der Waals surface area contributed by atoms with Crippen molar-refractivity contribution in [3.05, 3.63) is 60.4 Å². The van der Waals surface area contributed by atoms with Crippen molar-refractivity contribution >= 4 is 16.5 Å². The topological polar surface area (TPSA) is 43.4 Å². The fraction of sp³-hybridized carbons (Fsp3) is 0.118. The van der Waals surface area contributed by atoms with E-state index in [1.807, 2.05) is 42.7 Å². The average molecular weight is 278 g/mol. The van der Waals surface area contributed by atoms with Gasteiger partial charge in [0.05, 0.1) is 0 Å². The van der Waals surface area contributed by atoms with Crippen LogP contribution in [0.1, 0.15) is 5.56 Å². The Bertz CT molecular complexity index is 796. The van der Waals surface area contributed by atoms with Gasteiger partial charge in [0, 0.05) is 36.1 Å². The zero-order valence-corrected chi connectivity index (χ0v) is 11.4. The summed E-state index contributed by atoms with van der Waals surface area (Å²) in [7, 11) is 0. The molecule has 3 aromatic rings. The quantitative estimate of drug-likeness (QED) is 0.795. The minimum absolute atomic E-state index is 0.298. The van der Waals surface area contributed by atoms with E-state index in [-0.39, 0.29) is 0 Å². The van der Waals surface area contributed by atoms with Gasteiger partial charge in [-0.2, -0.15) is 0 Å². The van der Waals surface area contributed by atoms with Gasteiger partial charge in [0.25, 0.3) is 0 Å². The number of ether oxygens (including phenoxy) is 2. The van der Waals surface area contributed by atoms with Gasteiger partial charge in [-0.1, -0.05) is 24.3 Å². The maximum atomic E-state index is 5.39. The van der Waals surface area contributed by atoms with Crippen molar-refractivity contribution in [3.8, 4) is 11.5 Å². The first-order chi connectivity index (χ1) is 10.4. The Morgan fingerprint density at radius 1 is 1.00 bits per heavy atom. The van der Waals surface area contributed by atoms with Crippen LogP contribution in [0.4, 0.5) is 5.69 Å². The molecule has 0 amide bonds. The molecule has 0 atom stereocenters. The minimum Gasteiger partial charge on any atom is -0.454 e. The maximum absolute atomic E-state index is 5.39. The van der Waals surface area contributed by atoms with Crippen molar-refractivity contribution in [1.82, 2.24) is 4.98 Å². The Labute approximate surface area is 122 Å². The SMILES string of the molecule is c1ccc2c(CNc3ccc4c(c3)OCO4)cncc2c1. The lowest BCUT2D eigenvalue weighted by Crippen LogP contribution is -2.00. The van der Waals surface area contributed by atoms with Crippen LogP contribution in [0.3, 0.4) is 0 Å². The third-order valence-corrected chi connectivity index (χ3v) is 3.61. The van der Waals surface area contributed by atoms with Gasteiger partial charge in [0.1, 0.15) is 0 Å². The molecule has 4 nitrogen and oxygen atoms in total. The summed E-state index contributed by atoms with van der Waals surface area (Å²) in [5, 5.41) is 5.79. The highest BCUT2D eigenvalue weighted by Crippen LogP contribution is 2.34. The molecule has 1 aliphatic rings. The highest BCUT2D eigenvalue weighted by molar-refractivity contribution is 5.84. The largest absolute Gasteiger partial charge is 0.454 e. The van der Waals surface area contributed by atoms with Gasteiger partial charge in [0.2, 0.25) is 6.79 Å². The second-order valence-corrected chi connectivity index (χ2v) is 4.94. The number of hydrogen-bond donors (Lipinski definition) is 1. The van der Waals surface area contributed by atoms with Crippen molar-refractivity contribution in [2.24, 2.45) is 0 Å². The van der Waals surface area contributed by atoms with Crippen molar-refractivity contribution in [2.75, 3.05) is 12.1 Å². The molecule has 1 aliphatic heterocycles. The third-order valence-electron chi connectivity index (χ3n) is 3.61. The molecule has 0 fully saturated rings. The number of pyridine rings is 1. The standard InChI is InChI=1S/C17H14N2O2/c1-2-4-15-12(3-1)8-18-9-13(15)10-19-14-5-6-16-17(7-14)21-11-20-16/h1-9,19H,10-11H2. The lowest BCUT2D eigenvalue weighted by atomic mass is 10.1. The molecular formula is C17H14N2O2. The Morgan fingerprint density at radius 2 is 1.90 bits per heavy atom. The first-order valence-corrected chi connectivity index (χ1v) is 6.85. The van der Waals surface area contributed by atoms with Crippen LogP contribution in [-0.4, -0.2) is 11.8 Å². The van der Waals surface area contributed by atoms with Gasteiger partial charge in [-0.05, 0) is 23.1 Å². The Balaban J connectivity index is 1.58. The van der Waals surface area contributed by atoms with Crippen LogP contribution in [0.5, 0.6) is 11.5 Å². The molecule has 0 spiro atoms. The first kappa shape index (κ1) is 12.0. The fourth-order valence-electron chi connectivity index (χ4n) is 2.52. The van der Waals surface area contributed by atoms with Gasteiger partial charge in [-0.25, -0.2) is 0 Å². The number of nitrogens with zero attached hydrogens (tertiary/aromatic N) is 1. The molecule has 0 aliphatic carbocycles. The van der Waals surface area contributed by atoms with Gasteiger partial charge in [-0.3, -0.25) is 4.98 Å². The average Bonchev–Trinajstić information content (AvgIpc) is 3.00. The molecule has 1 N–H and O–H groups in total. The van der Waals surface area contributed by atoms with Crippen LogP contribution in [0.25, 0.3) is 10.8 Å². The Kier molecular flexibility index (Phi) is 2.85. The molecule has 0 bridgehead atoms. The number of benzene rings is 2. The molecule has 0 radical (unpaired) electrons. The van der Waals surface area contributed by atoms with Gasteiger partial charge >= 0.3 is 0 Å². The normalized spacial score (nSPS) is 12.6. The van der Waals surface area contributed by atoms with E-state index in [1.54, 1.807) is 0 Å². The molecule has 1 aromatic heterocycles. The monoisotopic (exact) mass is 278 g/mol. The third kappa shape index (κ3) is 2.25. The van der Waals surface area contributed by atoms with Gasteiger partial charge in [0.15, 0.2) is 11.5 Å². The second kappa shape index (κ2) is 4.98. The summed E-state index contributed by atoms with van der Waals surface area (Å²) in [6.07, 6.45) is 3.79. The smallest absolute Gasteiger partial charge is 0.231 e. The number of fused-ring (bicyclic) bond motifs is 2. The van der Waals surface area contributed by atoms with E-state index in [1.165, 1.54) is 10.9 Å². The molecule has 0 saturated carbocycles. The Hall–Kier alpha value is -2.75. The van der Waals surface area contributed by atoms with Crippen LogP contribution in [0.15, 0.2) is 54.9 Å².